The van der Waals surface area contributed by atoms with Gasteiger partial charge >= 0.3 is 0 Å². The van der Waals surface area contributed by atoms with Crippen LogP contribution in [0.3, 0.4) is 0 Å². The number of rotatable bonds is 6. The number of sulfonamides is 1. The van der Waals surface area contributed by atoms with E-state index in [1.165, 1.54) is 13.0 Å². The lowest BCUT2D eigenvalue weighted by atomic mass is 10.1. The van der Waals surface area contributed by atoms with E-state index in [9.17, 15) is 18.0 Å². The second kappa shape index (κ2) is 7.96. The van der Waals surface area contributed by atoms with Crippen LogP contribution < -0.4 is 14.9 Å². The largest absolute Gasteiger partial charge is 0.360 e. The number of carbonyl (C=O) groups excluding carboxylic acids is 2. The Kier molecular flexibility index (Phi) is 5.76. The van der Waals surface area contributed by atoms with Crippen LogP contribution in [0.1, 0.15) is 32.1 Å². The first-order valence-electron chi connectivity index (χ1n) is 9.26. The Morgan fingerprint density at radius 1 is 1.24 bits per heavy atom. The summed E-state index contributed by atoms with van der Waals surface area (Å²) in [5.74, 6) is -0.169. The van der Waals surface area contributed by atoms with Crippen molar-refractivity contribution in [1.29, 1.82) is 0 Å². The predicted octanol–water partition coefficient (Wildman–Crippen LogP) is 1.83. The molecule has 0 spiro atoms. The highest BCUT2D eigenvalue weighted by atomic mass is 32.2. The fraction of sp³-hybridized carbons (Fsp3) is 0.421. The van der Waals surface area contributed by atoms with E-state index in [4.69, 9.17) is 4.52 Å². The van der Waals surface area contributed by atoms with Gasteiger partial charge in [0.2, 0.25) is 21.8 Å². The summed E-state index contributed by atoms with van der Waals surface area (Å²) in [5.41, 5.74) is 1.50. The Morgan fingerprint density at radius 2 is 1.97 bits per heavy atom. The SMILES string of the molecule is CC(=O)N1CCc2cc(S(=O)(=O)N[C@H](C(=O)Nc3cc(C)on3)C(C)C)ccc21. The van der Waals surface area contributed by atoms with Gasteiger partial charge in [-0.2, -0.15) is 4.72 Å². The van der Waals surface area contributed by atoms with Gasteiger partial charge in [0.25, 0.3) is 0 Å². The van der Waals surface area contributed by atoms with Crippen LogP contribution in [-0.4, -0.2) is 38.0 Å². The minimum Gasteiger partial charge on any atom is -0.360 e. The normalized spacial score (nSPS) is 14.7. The predicted molar refractivity (Wildman–Crippen MR) is 107 cm³/mol. The zero-order valence-corrected chi connectivity index (χ0v) is 17.5. The first-order valence-corrected chi connectivity index (χ1v) is 10.7. The molecule has 2 aromatic rings. The van der Waals surface area contributed by atoms with Gasteiger partial charge in [-0.25, -0.2) is 8.42 Å². The molecule has 2 amide bonds. The number of aryl methyl sites for hydroxylation is 1. The Labute approximate surface area is 169 Å². The summed E-state index contributed by atoms with van der Waals surface area (Å²) in [7, 11) is -3.95. The van der Waals surface area contributed by atoms with Crippen molar-refractivity contribution in [2.45, 2.75) is 45.1 Å². The van der Waals surface area contributed by atoms with Crippen molar-refractivity contribution in [2.75, 3.05) is 16.8 Å². The first-order chi connectivity index (χ1) is 13.6. The molecule has 0 saturated heterocycles. The highest BCUT2D eigenvalue weighted by molar-refractivity contribution is 7.89. The summed E-state index contributed by atoms with van der Waals surface area (Å²) in [6, 6.07) is 5.17. The molecule has 1 atom stereocenters. The summed E-state index contributed by atoms with van der Waals surface area (Å²) in [4.78, 5) is 26.0. The van der Waals surface area contributed by atoms with Crippen molar-refractivity contribution in [1.82, 2.24) is 9.88 Å². The third kappa shape index (κ3) is 4.48. The van der Waals surface area contributed by atoms with Crippen molar-refractivity contribution in [3.8, 4) is 0 Å². The van der Waals surface area contributed by atoms with Crippen LogP contribution >= 0.6 is 0 Å². The average Bonchev–Trinajstić information content (AvgIpc) is 3.24. The summed E-state index contributed by atoms with van der Waals surface area (Å²) >= 11 is 0. The highest BCUT2D eigenvalue weighted by Crippen LogP contribution is 2.30. The van der Waals surface area contributed by atoms with Crippen molar-refractivity contribution in [3.05, 3.63) is 35.6 Å². The van der Waals surface area contributed by atoms with Crippen molar-refractivity contribution < 1.29 is 22.5 Å². The van der Waals surface area contributed by atoms with Gasteiger partial charge in [-0.05, 0) is 43.0 Å². The maximum atomic E-state index is 12.9. The van der Waals surface area contributed by atoms with Gasteiger partial charge in [-0.1, -0.05) is 19.0 Å². The van der Waals surface area contributed by atoms with E-state index < -0.39 is 22.0 Å². The first kappa shape index (κ1) is 21.0. The molecule has 10 heteroatoms. The number of fused-ring (bicyclic) bond motifs is 1. The zero-order chi connectivity index (χ0) is 21.3. The number of hydrogen-bond donors (Lipinski definition) is 2. The van der Waals surface area contributed by atoms with Gasteiger partial charge in [-0.15, -0.1) is 0 Å². The Morgan fingerprint density at radius 3 is 2.55 bits per heavy atom. The van der Waals surface area contributed by atoms with Crippen molar-refractivity contribution in [3.63, 3.8) is 0 Å². The molecule has 2 N–H and O–H groups in total. The van der Waals surface area contributed by atoms with Crippen molar-refractivity contribution in [2.24, 2.45) is 5.92 Å². The number of anilines is 2. The van der Waals surface area contributed by atoms with E-state index >= 15 is 0 Å². The van der Waals surface area contributed by atoms with Crippen LogP contribution in [0.25, 0.3) is 0 Å². The molecule has 0 saturated carbocycles. The number of nitrogens with zero attached hydrogens (tertiary/aromatic N) is 2. The number of hydrogen-bond acceptors (Lipinski definition) is 6. The monoisotopic (exact) mass is 420 g/mol. The lowest BCUT2D eigenvalue weighted by Crippen LogP contribution is -2.47. The molecule has 0 fully saturated rings. The quantitative estimate of drug-likeness (QED) is 0.735. The Hall–Kier alpha value is -2.72. The highest BCUT2D eigenvalue weighted by Gasteiger charge is 2.30. The second-order valence-corrected chi connectivity index (χ2v) is 9.08. The molecule has 29 heavy (non-hydrogen) atoms. The van der Waals surface area contributed by atoms with Crippen LogP contribution in [0, 0.1) is 12.8 Å². The Balaban J connectivity index is 1.81. The third-order valence-electron chi connectivity index (χ3n) is 4.75. The zero-order valence-electron chi connectivity index (χ0n) is 16.7. The van der Waals surface area contributed by atoms with Crippen LogP contribution in [0.2, 0.25) is 0 Å². The summed E-state index contributed by atoms with van der Waals surface area (Å²) < 4.78 is 33.2. The molecule has 1 aliphatic heterocycles. The summed E-state index contributed by atoms with van der Waals surface area (Å²) in [6.07, 6.45) is 0.581. The average molecular weight is 420 g/mol. The van der Waals surface area contributed by atoms with E-state index in [-0.39, 0.29) is 22.5 Å². The molecule has 9 nitrogen and oxygen atoms in total. The molecule has 0 unspecified atom stereocenters. The van der Waals surface area contributed by atoms with E-state index in [0.29, 0.717) is 18.7 Å². The molecule has 0 radical (unpaired) electrons. The van der Waals surface area contributed by atoms with Gasteiger partial charge in [0.15, 0.2) is 5.82 Å². The topological polar surface area (TPSA) is 122 Å². The molecule has 3 rings (SSSR count). The third-order valence-corrected chi connectivity index (χ3v) is 6.19. The van der Waals surface area contributed by atoms with Crippen LogP contribution in [0.4, 0.5) is 11.5 Å². The lowest BCUT2D eigenvalue weighted by Gasteiger charge is -2.21. The van der Waals surface area contributed by atoms with Crippen LogP contribution in [0.5, 0.6) is 0 Å². The van der Waals surface area contributed by atoms with Gasteiger partial charge in [0, 0.05) is 25.2 Å². The van der Waals surface area contributed by atoms with Crippen LogP contribution in [-0.2, 0) is 26.0 Å². The smallest absolute Gasteiger partial charge is 0.244 e. The van der Waals surface area contributed by atoms with E-state index in [1.54, 1.807) is 43.9 Å². The fourth-order valence-electron chi connectivity index (χ4n) is 3.23. The second-order valence-electron chi connectivity index (χ2n) is 7.37. The molecule has 1 aromatic carbocycles. The molecule has 156 valence electrons. The standard InChI is InChI=1S/C19H24N4O5S/c1-11(2)18(19(25)20-17-9-12(3)28-21-17)22-29(26,27)15-5-6-16-14(10-15)7-8-23(16)13(4)24/h5-6,9-11,18,22H,7-8H2,1-4H3,(H,20,21,25)/t18-/m0/s1. The molecule has 0 aliphatic carbocycles. The fourth-order valence-corrected chi connectivity index (χ4v) is 4.62. The van der Waals surface area contributed by atoms with Crippen molar-refractivity contribution >= 4 is 33.3 Å². The number of aromatic nitrogens is 1. The maximum Gasteiger partial charge on any atom is 0.244 e. The van der Waals surface area contributed by atoms with E-state index in [0.717, 1.165) is 11.3 Å². The molecular weight excluding hydrogens is 396 g/mol. The minimum absolute atomic E-state index is 0.0531. The summed E-state index contributed by atoms with van der Waals surface area (Å²) in [5, 5.41) is 6.26. The molecular formula is C19H24N4O5S. The molecule has 1 aromatic heterocycles. The number of carbonyl (C=O) groups is 2. The van der Waals surface area contributed by atoms with E-state index in [2.05, 4.69) is 15.2 Å². The summed E-state index contributed by atoms with van der Waals surface area (Å²) in [6.45, 7) is 7.17. The molecule has 1 aliphatic rings. The molecule has 0 bridgehead atoms. The maximum absolute atomic E-state index is 12.9. The van der Waals surface area contributed by atoms with Crippen LogP contribution in [0.15, 0.2) is 33.7 Å². The number of amides is 2. The minimum atomic E-state index is -3.95. The van der Waals surface area contributed by atoms with Gasteiger partial charge < -0.3 is 14.7 Å². The van der Waals surface area contributed by atoms with Gasteiger partial charge in [0.05, 0.1) is 4.90 Å². The lowest BCUT2D eigenvalue weighted by molar-refractivity contribution is -0.118. The van der Waals surface area contributed by atoms with E-state index in [1.807, 2.05) is 0 Å². The van der Waals surface area contributed by atoms with Gasteiger partial charge in [0.1, 0.15) is 11.8 Å². The number of benzene rings is 1. The number of nitrogens with one attached hydrogen (secondary N) is 2. The Bertz CT molecular complexity index is 1040. The van der Waals surface area contributed by atoms with Gasteiger partial charge in [-0.3, -0.25) is 9.59 Å². The molecule has 2 heterocycles.